The Hall–Kier alpha value is -1.63. The highest BCUT2D eigenvalue weighted by molar-refractivity contribution is 5.93. The lowest BCUT2D eigenvalue weighted by atomic mass is 10.1. The van der Waals surface area contributed by atoms with E-state index in [1.165, 1.54) is 0 Å². The maximum Gasteiger partial charge on any atom is 0.320 e. The zero-order valence-electron chi connectivity index (χ0n) is 6.82. The van der Waals surface area contributed by atoms with Crippen LogP contribution in [-0.2, 0) is 9.59 Å². The molecule has 7 nitrogen and oxygen atoms in total. The highest BCUT2D eigenvalue weighted by Crippen LogP contribution is 1.94. The van der Waals surface area contributed by atoms with Crippen molar-refractivity contribution in [2.75, 3.05) is 0 Å². The lowest BCUT2D eigenvalue weighted by Gasteiger charge is -2.04. The minimum absolute atomic E-state index is 0.0333. The Balaban J connectivity index is 3.70. The molecular formula is C6H11N3O4. The Morgan fingerprint density at radius 1 is 1.38 bits per heavy atom. The van der Waals surface area contributed by atoms with E-state index < -0.39 is 23.9 Å². The average molecular weight is 189 g/mol. The van der Waals surface area contributed by atoms with Gasteiger partial charge in [-0.05, 0) is 6.42 Å². The second kappa shape index (κ2) is 5.09. The number of carboxylic acid groups (broad SMARTS) is 1. The molecular weight excluding hydrogens is 178 g/mol. The summed E-state index contributed by atoms with van der Waals surface area (Å²) in [7, 11) is 0. The molecule has 6 N–H and O–H groups in total. The minimum Gasteiger partial charge on any atom is -0.480 e. The van der Waals surface area contributed by atoms with Crippen LogP contribution in [0.2, 0.25) is 0 Å². The van der Waals surface area contributed by atoms with Gasteiger partial charge in [-0.15, -0.1) is 0 Å². The van der Waals surface area contributed by atoms with Crippen LogP contribution in [0.4, 0.5) is 4.79 Å². The monoisotopic (exact) mass is 189 g/mol. The van der Waals surface area contributed by atoms with Gasteiger partial charge in [0.2, 0.25) is 5.91 Å². The van der Waals surface area contributed by atoms with Crippen molar-refractivity contribution < 1.29 is 19.5 Å². The fourth-order valence-electron chi connectivity index (χ4n) is 0.610. The van der Waals surface area contributed by atoms with Gasteiger partial charge in [0.1, 0.15) is 6.04 Å². The molecule has 13 heavy (non-hydrogen) atoms. The first-order valence-corrected chi connectivity index (χ1v) is 3.51. The molecule has 0 aromatic rings. The molecule has 0 radical (unpaired) electrons. The average Bonchev–Trinajstić information content (AvgIpc) is 1.98. The van der Waals surface area contributed by atoms with E-state index in [0.717, 1.165) is 0 Å². The van der Waals surface area contributed by atoms with Gasteiger partial charge in [-0.25, -0.2) is 4.79 Å². The van der Waals surface area contributed by atoms with E-state index >= 15 is 0 Å². The molecule has 0 aliphatic heterocycles. The molecule has 74 valence electrons. The van der Waals surface area contributed by atoms with E-state index in [9.17, 15) is 14.4 Å². The van der Waals surface area contributed by atoms with E-state index in [0.29, 0.717) is 0 Å². The summed E-state index contributed by atoms with van der Waals surface area (Å²) < 4.78 is 0. The second-order valence-corrected chi connectivity index (χ2v) is 2.40. The maximum absolute atomic E-state index is 10.7. The number of aliphatic carboxylic acids is 1. The van der Waals surface area contributed by atoms with Gasteiger partial charge in [-0.2, -0.15) is 0 Å². The van der Waals surface area contributed by atoms with Crippen LogP contribution in [0.5, 0.6) is 0 Å². The summed E-state index contributed by atoms with van der Waals surface area (Å²) >= 11 is 0. The number of hydrogen-bond acceptors (Lipinski definition) is 4. The fraction of sp³-hybridized carbons (Fsp3) is 0.500. The van der Waals surface area contributed by atoms with Gasteiger partial charge in [0.05, 0.1) is 0 Å². The van der Waals surface area contributed by atoms with Crippen molar-refractivity contribution in [1.82, 2.24) is 5.32 Å². The molecule has 0 fully saturated rings. The van der Waals surface area contributed by atoms with E-state index in [1.807, 2.05) is 0 Å². The first kappa shape index (κ1) is 11.4. The number of amides is 3. The molecule has 1 unspecified atom stereocenters. The summed E-state index contributed by atoms with van der Waals surface area (Å²) in [6.45, 7) is 0. The number of hydrogen-bond donors (Lipinski definition) is 4. The summed E-state index contributed by atoms with van der Waals surface area (Å²) in [5.41, 5.74) is 9.74. The van der Waals surface area contributed by atoms with Crippen molar-refractivity contribution >= 4 is 17.9 Å². The largest absolute Gasteiger partial charge is 0.480 e. The third-order valence-corrected chi connectivity index (χ3v) is 1.26. The molecule has 0 aliphatic rings. The maximum atomic E-state index is 10.7. The number of imide groups is 1. The van der Waals surface area contributed by atoms with Crippen molar-refractivity contribution in [2.45, 2.75) is 18.9 Å². The molecule has 1 atom stereocenters. The van der Waals surface area contributed by atoms with Crippen LogP contribution in [0.15, 0.2) is 0 Å². The molecule has 0 bridgehead atoms. The molecule has 0 rings (SSSR count). The quantitative estimate of drug-likeness (QED) is 0.421. The van der Waals surface area contributed by atoms with Gasteiger partial charge in [0, 0.05) is 6.42 Å². The lowest BCUT2D eigenvalue weighted by Crippen LogP contribution is -2.37. The summed E-state index contributed by atoms with van der Waals surface area (Å²) in [4.78, 5) is 31.0. The van der Waals surface area contributed by atoms with Crippen molar-refractivity contribution in [1.29, 1.82) is 0 Å². The summed E-state index contributed by atoms with van der Waals surface area (Å²) in [6.07, 6.45) is -0.176. The molecule has 0 saturated carbocycles. The van der Waals surface area contributed by atoms with Crippen molar-refractivity contribution in [3.8, 4) is 0 Å². The zero-order valence-corrected chi connectivity index (χ0v) is 6.82. The number of nitrogens with two attached hydrogens (primary N) is 2. The van der Waals surface area contributed by atoms with Gasteiger partial charge < -0.3 is 16.6 Å². The van der Waals surface area contributed by atoms with Crippen LogP contribution in [0, 0.1) is 0 Å². The van der Waals surface area contributed by atoms with Crippen molar-refractivity contribution in [2.24, 2.45) is 11.5 Å². The molecule has 7 heteroatoms. The van der Waals surface area contributed by atoms with E-state index in [-0.39, 0.29) is 12.8 Å². The first-order valence-electron chi connectivity index (χ1n) is 3.51. The predicted molar refractivity (Wildman–Crippen MR) is 42.6 cm³/mol. The fourth-order valence-corrected chi connectivity index (χ4v) is 0.610. The predicted octanol–water partition coefficient (Wildman–Crippen LogP) is -1.63. The highest BCUT2D eigenvalue weighted by atomic mass is 16.4. The highest BCUT2D eigenvalue weighted by Gasteiger charge is 2.13. The van der Waals surface area contributed by atoms with Crippen molar-refractivity contribution in [3.05, 3.63) is 0 Å². The summed E-state index contributed by atoms with van der Waals surface area (Å²) in [6, 6.07) is -2.06. The van der Waals surface area contributed by atoms with Crippen LogP contribution in [0.3, 0.4) is 0 Å². The number of urea groups is 1. The molecule has 0 heterocycles. The van der Waals surface area contributed by atoms with Crippen LogP contribution in [0.25, 0.3) is 0 Å². The Kier molecular flexibility index (Phi) is 4.45. The summed E-state index contributed by atoms with van der Waals surface area (Å²) in [5, 5.41) is 10.1. The first-order chi connectivity index (χ1) is 5.93. The third kappa shape index (κ3) is 5.62. The molecule has 0 aromatic heterocycles. The third-order valence-electron chi connectivity index (χ3n) is 1.26. The zero-order chi connectivity index (χ0) is 10.4. The molecule has 3 amide bonds. The molecule has 0 aliphatic carbocycles. The standard InChI is InChI=1S/C6H11N3O4/c7-3(5(11)12)1-2-4(10)9-6(8)13/h3H,1-2,7H2,(H,11,12)(H3,8,9,10,13). The smallest absolute Gasteiger partial charge is 0.320 e. The SMILES string of the molecule is NC(=O)NC(=O)CCC(N)C(=O)O. The molecule has 0 aromatic carbocycles. The van der Waals surface area contributed by atoms with E-state index in [4.69, 9.17) is 10.8 Å². The normalized spacial score (nSPS) is 11.8. The van der Waals surface area contributed by atoms with Gasteiger partial charge in [-0.1, -0.05) is 0 Å². The number of rotatable bonds is 4. The van der Waals surface area contributed by atoms with E-state index in [1.54, 1.807) is 5.32 Å². The Morgan fingerprint density at radius 3 is 2.31 bits per heavy atom. The Morgan fingerprint density at radius 2 is 1.92 bits per heavy atom. The number of carbonyl (C=O) groups excluding carboxylic acids is 2. The molecule has 0 spiro atoms. The van der Waals surface area contributed by atoms with Gasteiger partial charge >= 0.3 is 12.0 Å². The molecule has 0 saturated heterocycles. The van der Waals surface area contributed by atoms with Gasteiger partial charge in [0.25, 0.3) is 0 Å². The number of carbonyl (C=O) groups is 3. The van der Waals surface area contributed by atoms with Gasteiger partial charge in [-0.3, -0.25) is 14.9 Å². The van der Waals surface area contributed by atoms with Crippen LogP contribution < -0.4 is 16.8 Å². The number of carboxylic acids is 1. The Bertz CT molecular complexity index is 228. The van der Waals surface area contributed by atoms with Gasteiger partial charge in [0.15, 0.2) is 0 Å². The number of nitrogens with one attached hydrogen (secondary N) is 1. The van der Waals surface area contributed by atoms with Crippen LogP contribution in [-0.4, -0.2) is 29.1 Å². The summed E-state index contributed by atoms with van der Waals surface area (Å²) in [5.74, 6) is -1.82. The number of primary amides is 1. The minimum atomic E-state index is -1.19. The topological polar surface area (TPSA) is 136 Å². The van der Waals surface area contributed by atoms with Crippen LogP contribution >= 0.6 is 0 Å². The van der Waals surface area contributed by atoms with E-state index in [2.05, 4.69) is 5.73 Å². The van der Waals surface area contributed by atoms with Crippen molar-refractivity contribution in [3.63, 3.8) is 0 Å². The lowest BCUT2D eigenvalue weighted by molar-refractivity contribution is -0.138. The second-order valence-electron chi connectivity index (χ2n) is 2.40. The Labute approximate surface area is 74.1 Å². The van der Waals surface area contributed by atoms with Crippen LogP contribution in [0.1, 0.15) is 12.8 Å².